The van der Waals surface area contributed by atoms with E-state index in [9.17, 15) is 4.39 Å². The molecule has 16 heavy (non-hydrogen) atoms. The van der Waals surface area contributed by atoms with Gasteiger partial charge in [-0.05, 0) is 49.8 Å². The summed E-state index contributed by atoms with van der Waals surface area (Å²) in [5, 5.41) is 0.232. The van der Waals surface area contributed by atoms with Gasteiger partial charge in [-0.3, -0.25) is 0 Å². The van der Waals surface area contributed by atoms with E-state index in [2.05, 4.69) is 0 Å². The van der Waals surface area contributed by atoms with Gasteiger partial charge in [-0.25, -0.2) is 4.39 Å². The van der Waals surface area contributed by atoms with Crippen molar-refractivity contribution in [1.29, 1.82) is 0 Å². The number of nitrogens with two attached hydrogens (primary N) is 1. The Labute approximate surface area is 102 Å². The largest absolute Gasteiger partial charge is 0.328 e. The van der Waals surface area contributed by atoms with Gasteiger partial charge in [-0.2, -0.15) is 0 Å². The minimum absolute atomic E-state index is 0.224. The molecule has 0 aliphatic heterocycles. The predicted molar refractivity (Wildman–Crippen MR) is 67.4 cm³/mol. The van der Waals surface area contributed by atoms with Crippen molar-refractivity contribution in [3.05, 3.63) is 34.1 Å². The van der Waals surface area contributed by atoms with Crippen LogP contribution in [0.25, 0.3) is 0 Å². The van der Waals surface area contributed by atoms with Gasteiger partial charge in [0, 0.05) is 6.04 Å². The molecule has 3 heteroatoms. The number of benzene rings is 1. The van der Waals surface area contributed by atoms with Crippen molar-refractivity contribution < 1.29 is 4.39 Å². The molecular weight excluding hydrogens is 225 g/mol. The van der Waals surface area contributed by atoms with E-state index in [0.29, 0.717) is 12.0 Å². The number of aryl methyl sites for hydroxylation is 2. The summed E-state index contributed by atoms with van der Waals surface area (Å²) in [5.41, 5.74) is 7.48. The molecule has 0 saturated carbocycles. The summed E-state index contributed by atoms with van der Waals surface area (Å²) in [6, 6.07) is 3.85. The molecule has 1 nitrogen and oxygen atoms in total. The van der Waals surface area contributed by atoms with Crippen molar-refractivity contribution in [1.82, 2.24) is 0 Å². The lowest BCUT2D eigenvalue weighted by Gasteiger charge is -2.08. The number of hydrogen-bond donors (Lipinski definition) is 1. The summed E-state index contributed by atoms with van der Waals surface area (Å²) >= 11 is 5.84. The highest BCUT2D eigenvalue weighted by Crippen LogP contribution is 2.22. The van der Waals surface area contributed by atoms with Crippen molar-refractivity contribution in [2.24, 2.45) is 5.73 Å². The molecule has 0 aliphatic rings. The highest BCUT2D eigenvalue weighted by Gasteiger charge is 2.08. The first-order valence-corrected chi connectivity index (χ1v) is 6.14. The van der Waals surface area contributed by atoms with Crippen LogP contribution in [-0.4, -0.2) is 6.04 Å². The highest BCUT2D eigenvalue weighted by molar-refractivity contribution is 6.30. The lowest BCUT2D eigenvalue weighted by Crippen LogP contribution is -2.14. The minimum atomic E-state index is -0.278. The van der Waals surface area contributed by atoms with Gasteiger partial charge in [0.15, 0.2) is 0 Å². The fourth-order valence-corrected chi connectivity index (χ4v) is 2.00. The molecular formula is C13H19ClFN. The minimum Gasteiger partial charge on any atom is -0.328 e. The van der Waals surface area contributed by atoms with Crippen LogP contribution in [0.3, 0.4) is 0 Å². The van der Waals surface area contributed by atoms with Crippen molar-refractivity contribution in [3.63, 3.8) is 0 Å². The summed E-state index contributed by atoms with van der Waals surface area (Å²) < 4.78 is 13.5. The second-order valence-corrected chi connectivity index (χ2v) is 4.68. The fourth-order valence-electron chi connectivity index (χ4n) is 1.74. The third kappa shape index (κ3) is 3.76. The number of halogens is 2. The Hall–Kier alpha value is -0.600. The van der Waals surface area contributed by atoms with Crippen LogP contribution in [0.2, 0.25) is 5.02 Å². The maximum absolute atomic E-state index is 13.5. The van der Waals surface area contributed by atoms with E-state index in [4.69, 9.17) is 17.3 Å². The second kappa shape index (κ2) is 6.21. The van der Waals surface area contributed by atoms with Crippen molar-refractivity contribution in [3.8, 4) is 0 Å². The molecule has 0 spiro atoms. The van der Waals surface area contributed by atoms with Crippen LogP contribution in [0.15, 0.2) is 12.1 Å². The molecule has 1 atom stereocenters. The standard InChI is InChI=1S/C13H19ClFN/c1-3-11-7-10(6-4-5-9(2)16)8-12(14)13(11)15/h7-9H,3-6,16H2,1-2H3. The van der Waals surface area contributed by atoms with E-state index in [1.165, 1.54) is 0 Å². The van der Waals surface area contributed by atoms with Gasteiger partial charge in [0.25, 0.3) is 0 Å². The Kier molecular flexibility index (Phi) is 5.23. The zero-order chi connectivity index (χ0) is 12.1. The Bertz CT molecular complexity index is 350. The van der Waals surface area contributed by atoms with Gasteiger partial charge in [0.1, 0.15) is 5.82 Å². The first kappa shape index (κ1) is 13.5. The molecule has 2 N–H and O–H groups in total. The molecule has 0 heterocycles. The van der Waals surface area contributed by atoms with Crippen LogP contribution in [0.4, 0.5) is 4.39 Å². The van der Waals surface area contributed by atoms with Gasteiger partial charge < -0.3 is 5.73 Å². The molecule has 90 valence electrons. The predicted octanol–water partition coefficient (Wildman–Crippen LogP) is 3.71. The van der Waals surface area contributed by atoms with Crippen LogP contribution in [0.5, 0.6) is 0 Å². The van der Waals surface area contributed by atoms with Gasteiger partial charge in [0.05, 0.1) is 5.02 Å². The third-order valence-corrected chi connectivity index (χ3v) is 2.94. The topological polar surface area (TPSA) is 26.0 Å². The molecule has 0 aromatic heterocycles. The molecule has 0 radical (unpaired) electrons. The van der Waals surface area contributed by atoms with Crippen LogP contribution >= 0.6 is 11.6 Å². The molecule has 1 aromatic carbocycles. The summed E-state index contributed by atoms with van der Waals surface area (Å²) in [7, 11) is 0. The summed E-state index contributed by atoms with van der Waals surface area (Å²) in [4.78, 5) is 0. The quantitative estimate of drug-likeness (QED) is 0.838. The first-order valence-electron chi connectivity index (χ1n) is 5.77. The summed E-state index contributed by atoms with van der Waals surface area (Å²) in [6.07, 6.45) is 3.58. The zero-order valence-corrected chi connectivity index (χ0v) is 10.6. The van der Waals surface area contributed by atoms with E-state index in [1.54, 1.807) is 6.07 Å². The number of hydrogen-bond acceptors (Lipinski definition) is 1. The molecule has 1 unspecified atom stereocenters. The fraction of sp³-hybridized carbons (Fsp3) is 0.538. The SMILES string of the molecule is CCc1cc(CCCC(C)N)cc(Cl)c1F. The Balaban J connectivity index is 2.70. The Morgan fingerprint density at radius 3 is 2.69 bits per heavy atom. The van der Waals surface area contributed by atoms with E-state index < -0.39 is 0 Å². The van der Waals surface area contributed by atoms with Gasteiger partial charge in [-0.15, -0.1) is 0 Å². The van der Waals surface area contributed by atoms with Crippen LogP contribution < -0.4 is 5.73 Å². The average molecular weight is 244 g/mol. The lowest BCUT2D eigenvalue weighted by molar-refractivity contribution is 0.606. The van der Waals surface area contributed by atoms with Crippen molar-refractivity contribution in [2.75, 3.05) is 0 Å². The zero-order valence-electron chi connectivity index (χ0n) is 9.89. The van der Waals surface area contributed by atoms with E-state index >= 15 is 0 Å². The van der Waals surface area contributed by atoms with Crippen LogP contribution in [0, 0.1) is 5.82 Å². The smallest absolute Gasteiger partial charge is 0.144 e. The van der Waals surface area contributed by atoms with Gasteiger partial charge in [-0.1, -0.05) is 24.6 Å². The van der Waals surface area contributed by atoms with Crippen molar-refractivity contribution in [2.45, 2.75) is 45.6 Å². The van der Waals surface area contributed by atoms with Crippen molar-refractivity contribution >= 4 is 11.6 Å². The molecule has 0 bridgehead atoms. The monoisotopic (exact) mass is 243 g/mol. The normalized spacial score (nSPS) is 12.8. The molecule has 1 rings (SSSR count). The maximum atomic E-state index is 13.5. The average Bonchev–Trinajstić information content (AvgIpc) is 2.22. The second-order valence-electron chi connectivity index (χ2n) is 4.27. The molecule has 0 fully saturated rings. The molecule has 0 aliphatic carbocycles. The van der Waals surface area contributed by atoms with Crippen LogP contribution in [0.1, 0.15) is 37.8 Å². The first-order chi connectivity index (χ1) is 7.54. The van der Waals surface area contributed by atoms with E-state index in [1.807, 2.05) is 19.9 Å². The molecule has 1 aromatic rings. The third-order valence-electron chi connectivity index (χ3n) is 2.67. The maximum Gasteiger partial charge on any atom is 0.144 e. The molecule has 0 saturated heterocycles. The van der Waals surface area contributed by atoms with Gasteiger partial charge >= 0.3 is 0 Å². The molecule has 0 amide bonds. The lowest BCUT2D eigenvalue weighted by atomic mass is 10.0. The Morgan fingerprint density at radius 1 is 1.44 bits per heavy atom. The highest BCUT2D eigenvalue weighted by atomic mass is 35.5. The summed E-state index contributed by atoms with van der Waals surface area (Å²) in [5.74, 6) is -0.278. The number of rotatable bonds is 5. The van der Waals surface area contributed by atoms with Crippen LogP contribution in [-0.2, 0) is 12.8 Å². The summed E-state index contributed by atoms with van der Waals surface area (Å²) in [6.45, 7) is 3.93. The van der Waals surface area contributed by atoms with E-state index in [0.717, 1.165) is 24.8 Å². The van der Waals surface area contributed by atoms with E-state index in [-0.39, 0.29) is 16.9 Å². The van der Waals surface area contributed by atoms with Gasteiger partial charge in [0.2, 0.25) is 0 Å². The Morgan fingerprint density at radius 2 is 2.12 bits per heavy atom.